The highest BCUT2D eigenvalue weighted by atomic mass is 32.1. The first kappa shape index (κ1) is 13.8. The van der Waals surface area contributed by atoms with Crippen LogP contribution in [0.2, 0.25) is 0 Å². The Morgan fingerprint density at radius 1 is 1.35 bits per heavy atom. The molecule has 0 bridgehead atoms. The van der Waals surface area contributed by atoms with E-state index in [2.05, 4.69) is 45.5 Å². The zero-order chi connectivity index (χ0) is 13.9. The van der Waals surface area contributed by atoms with Crippen molar-refractivity contribution in [1.82, 2.24) is 15.3 Å². The summed E-state index contributed by atoms with van der Waals surface area (Å²) in [6.07, 6.45) is 4.23. The van der Waals surface area contributed by atoms with Gasteiger partial charge in [-0.2, -0.15) is 0 Å². The number of anilines is 1. The Balaban J connectivity index is 1.87. The van der Waals surface area contributed by atoms with E-state index in [-0.39, 0.29) is 0 Å². The van der Waals surface area contributed by atoms with E-state index < -0.39 is 0 Å². The Kier molecular flexibility index (Phi) is 4.17. The summed E-state index contributed by atoms with van der Waals surface area (Å²) in [6.45, 7) is 7.90. The fraction of sp³-hybridized carbons (Fsp3) is 0.600. The lowest BCUT2D eigenvalue weighted by atomic mass is 9.97. The number of rotatable bonds is 4. The van der Waals surface area contributed by atoms with E-state index in [0.717, 1.165) is 36.9 Å². The zero-order valence-corrected chi connectivity index (χ0v) is 13.0. The monoisotopic (exact) mass is 290 g/mol. The Hall–Kier alpha value is -1.20. The van der Waals surface area contributed by atoms with Crippen molar-refractivity contribution >= 4 is 27.4 Å². The average Bonchev–Trinajstić information content (AvgIpc) is 2.94. The van der Waals surface area contributed by atoms with Crippen LogP contribution in [0, 0.1) is 5.92 Å². The maximum Gasteiger partial charge on any atom is 0.150 e. The molecule has 2 aromatic heterocycles. The third-order valence-corrected chi connectivity index (χ3v) is 4.93. The molecule has 0 spiro atoms. The number of nitrogens with one attached hydrogen (secondary N) is 1. The summed E-state index contributed by atoms with van der Waals surface area (Å²) in [7, 11) is 0. The highest BCUT2D eigenvalue weighted by Crippen LogP contribution is 2.30. The van der Waals surface area contributed by atoms with Crippen molar-refractivity contribution in [2.24, 2.45) is 5.92 Å². The molecule has 0 radical (unpaired) electrons. The molecule has 2 aromatic rings. The van der Waals surface area contributed by atoms with Gasteiger partial charge in [0.15, 0.2) is 0 Å². The van der Waals surface area contributed by atoms with E-state index in [1.807, 2.05) is 0 Å². The number of aromatic nitrogens is 2. The first-order chi connectivity index (χ1) is 9.75. The predicted molar refractivity (Wildman–Crippen MR) is 85.5 cm³/mol. The Morgan fingerprint density at radius 3 is 2.90 bits per heavy atom. The third-order valence-electron chi connectivity index (χ3n) is 4.03. The van der Waals surface area contributed by atoms with Crippen molar-refractivity contribution in [1.29, 1.82) is 0 Å². The summed E-state index contributed by atoms with van der Waals surface area (Å²) < 4.78 is 1.22. The van der Waals surface area contributed by atoms with Crippen LogP contribution in [0.5, 0.6) is 0 Å². The first-order valence-corrected chi connectivity index (χ1v) is 8.29. The van der Waals surface area contributed by atoms with Crippen LogP contribution in [-0.4, -0.2) is 35.6 Å². The summed E-state index contributed by atoms with van der Waals surface area (Å²) in [5.41, 5.74) is 1.07. The topological polar surface area (TPSA) is 41.0 Å². The quantitative estimate of drug-likeness (QED) is 0.940. The molecule has 0 aromatic carbocycles. The van der Waals surface area contributed by atoms with Gasteiger partial charge < -0.3 is 10.2 Å². The van der Waals surface area contributed by atoms with E-state index in [9.17, 15) is 0 Å². The number of hydrogen-bond acceptors (Lipinski definition) is 5. The predicted octanol–water partition coefficient (Wildman–Crippen LogP) is 2.91. The van der Waals surface area contributed by atoms with Crippen LogP contribution in [0.15, 0.2) is 17.8 Å². The van der Waals surface area contributed by atoms with Crippen molar-refractivity contribution in [2.45, 2.75) is 32.7 Å². The van der Waals surface area contributed by atoms with Gasteiger partial charge in [-0.3, -0.25) is 0 Å². The number of fused-ring (bicyclic) bond motifs is 1. The third kappa shape index (κ3) is 2.79. The summed E-state index contributed by atoms with van der Waals surface area (Å²) in [4.78, 5) is 11.4. The molecule has 0 saturated carbocycles. The van der Waals surface area contributed by atoms with E-state index in [0.29, 0.717) is 6.04 Å². The fourth-order valence-electron chi connectivity index (χ4n) is 2.86. The maximum absolute atomic E-state index is 4.58. The molecular weight excluding hydrogens is 268 g/mol. The van der Waals surface area contributed by atoms with Gasteiger partial charge in [-0.05, 0) is 57.1 Å². The number of piperidine rings is 1. The van der Waals surface area contributed by atoms with Crippen LogP contribution in [0.4, 0.5) is 5.82 Å². The van der Waals surface area contributed by atoms with Crippen LogP contribution >= 0.6 is 11.3 Å². The van der Waals surface area contributed by atoms with Gasteiger partial charge >= 0.3 is 0 Å². The molecule has 1 aliphatic heterocycles. The number of hydrogen-bond donors (Lipinski definition) is 1. The Bertz CT molecular complexity index is 560. The van der Waals surface area contributed by atoms with Gasteiger partial charge in [0.1, 0.15) is 12.1 Å². The Morgan fingerprint density at radius 2 is 2.15 bits per heavy atom. The molecule has 1 N–H and O–H groups in total. The molecule has 0 unspecified atom stereocenters. The minimum atomic E-state index is 0.463. The number of thiophene rings is 1. The van der Waals surface area contributed by atoms with Gasteiger partial charge in [0, 0.05) is 12.6 Å². The van der Waals surface area contributed by atoms with Crippen molar-refractivity contribution in [3.63, 3.8) is 0 Å². The second-order valence-corrected chi connectivity index (χ2v) is 6.69. The van der Waals surface area contributed by atoms with Gasteiger partial charge in [0.2, 0.25) is 0 Å². The zero-order valence-electron chi connectivity index (χ0n) is 12.2. The van der Waals surface area contributed by atoms with Crippen molar-refractivity contribution in [3.8, 4) is 0 Å². The maximum atomic E-state index is 4.58. The first-order valence-electron chi connectivity index (χ1n) is 7.41. The molecule has 108 valence electrons. The minimum absolute atomic E-state index is 0.463. The summed E-state index contributed by atoms with van der Waals surface area (Å²) in [5, 5.41) is 5.54. The van der Waals surface area contributed by atoms with Gasteiger partial charge in [-0.25, -0.2) is 9.97 Å². The van der Waals surface area contributed by atoms with E-state index in [1.54, 1.807) is 17.7 Å². The van der Waals surface area contributed by atoms with Crippen molar-refractivity contribution < 1.29 is 0 Å². The van der Waals surface area contributed by atoms with Gasteiger partial charge in [-0.15, -0.1) is 11.3 Å². The average molecular weight is 290 g/mol. The van der Waals surface area contributed by atoms with Gasteiger partial charge in [0.25, 0.3) is 0 Å². The van der Waals surface area contributed by atoms with Crippen molar-refractivity contribution in [3.05, 3.63) is 17.8 Å². The molecule has 1 aliphatic rings. The van der Waals surface area contributed by atoms with Crippen LogP contribution in [-0.2, 0) is 0 Å². The van der Waals surface area contributed by atoms with Crippen molar-refractivity contribution in [2.75, 3.05) is 24.5 Å². The summed E-state index contributed by atoms with van der Waals surface area (Å²) >= 11 is 1.74. The smallest absolute Gasteiger partial charge is 0.150 e. The van der Waals surface area contributed by atoms with Crippen LogP contribution in [0.1, 0.15) is 26.7 Å². The van der Waals surface area contributed by atoms with E-state index in [1.165, 1.54) is 17.5 Å². The van der Waals surface area contributed by atoms with Crippen LogP contribution in [0.3, 0.4) is 0 Å². The molecule has 3 rings (SSSR count). The van der Waals surface area contributed by atoms with Crippen LogP contribution < -0.4 is 10.2 Å². The Labute approximate surface area is 124 Å². The highest BCUT2D eigenvalue weighted by molar-refractivity contribution is 7.17. The number of nitrogens with zero attached hydrogens (tertiary/aromatic N) is 3. The summed E-state index contributed by atoms with van der Waals surface area (Å²) in [6, 6.07) is 2.54. The second-order valence-electron chi connectivity index (χ2n) is 5.77. The highest BCUT2D eigenvalue weighted by Gasteiger charge is 2.22. The lowest BCUT2D eigenvalue weighted by Crippen LogP contribution is -2.40. The molecular formula is C15H22N4S. The molecule has 4 nitrogen and oxygen atoms in total. The van der Waals surface area contributed by atoms with E-state index in [4.69, 9.17) is 0 Å². The molecule has 20 heavy (non-hydrogen) atoms. The van der Waals surface area contributed by atoms with Gasteiger partial charge in [-0.1, -0.05) is 0 Å². The standard InChI is InChI=1S/C15H22N4S/c1-11(2)19(9-12-3-6-16-7-4-12)15-14-13(5-8-20-14)17-10-18-15/h5,8,10-12,16H,3-4,6-7,9H2,1-2H3. The molecule has 0 atom stereocenters. The molecule has 1 fully saturated rings. The lowest BCUT2D eigenvalue weighted by Gasteiger charge is -2.33. The molecule has 1 saturated heterocycles. The SMILES string of the molecule is CC(C)N(CC1CCNCC1)c1ncnc2ccsc12. The minimum Gasteiger partial charge on any atom is -0.353 e. The molecule has 0 amide bonds. The van der Waals surface area contributed by atoms with E-state index >= 15 is 0 Å². The van der Waals surface area contributed by atoms with Crippen LogP contribution in [0.25, 0.3) is 10.2 Å². The second kappa shape index (κ2) is 6.06. The molecule has 3 heterocycles. The molecule has 5 heteroatoms. The molecule has 0 aliphatic carbocycles. The lowest BCUT2D eigenvalue weighted by molar-refractivity contribution is 0.367. The largest absolute Gasteiger partial charge is 0.353 e. The summed E-state index contributed by atoms with van der Waals surface area (Å²) in [5.74, 6) is 1.88. The fourth-order valence-corrected chi connectivity index (χ4v) is 3.71. The normalized spacial score (nSPS) is 16.9. The van der Waals surface area contributed by atoms with Gasteiger partial charge in [0.05, 0.1) is 10.2 Å².